The van der Waals surface area contributed by atoms with Crippen molar-refractivity contribution in [2.45, 2.75) is 33.6 Å². The quantitative estimate of drug-likeness (QED) is 0.698. The van der Waals surface area contributed by atoms with Gasteiger partial charge in [0, 0.05) is 12.0 Å². The Morgan fingerprint density at radius 3 is 2.62 bits per heavy atom. The zero-order chi connectivity index (χ0) is 12.1. The summed E-state index contributed by atoms with van der Waals surface area (Å²) in [5.41, 5.74) is 7.52. The molecule has 0 N–H and O–H groups in total. The van der Waals surface area contributed by atoms with Crippen molar-refractivity contribution >= 4 is 11.4 Å². The second-order valence-electron chi connectivity index (χ2n) is 4.04. The predicted molar refractivity (Wildman–Crippen MR) is 68.4 cm³/mol. The van der Waals surface area contributed by atoms with Gasteiger partial charge in [-0.25, -0.2) is 0 Å². The summed E-state index contributed by atoms with van der Waals surface area (Å²) in [7, 11) is 0. The lowest BCUT2D eigenvalue weighted by atomic mass is 9.95. The second kappa shape index (κ2) is 5.48. The normalized spacial score (nSPS) is 9.69. The van der Waals surface area contributed by atoms with Gasteiger partial charge in [0.2, 0.25) is 0 Å². The van der Waals surface area contributed by atoms with Crippen molar-refractivity contribution in [2.75, 3.05) is 0 Å². The van der Waals surface area contributed by atoms with Crippen LogP contribution in [0.15, 0.2) is 30.5 Å². The van der Waals surface area contributed by atoms with E-state index in [0.29, 0.717) is 6.42 Å². The Bertz CT molecular complexity index is 449. The summed E-state index contributed by atoms with van der Waals surface area (Å²) in [6, 6.07) is 6.14. The monoisotopic (exact) mass is 214 g/mol. The van der Waals surface area contributed by atoms with Crippen LogP contribution in [0.3, 0.4) is 0 Å². The van der Waals surface area contributed by atoms with E-state index in [-0.39, 0.29) is 5.78 Å². The first kappa shape index (κ1) is 12.5. The van der Waals surface area contributed by atoms with Crippen molar-refractivity contribution < 1.29 is 4.79 Å². The molecule has 1 aromatic rings. The van der Waals surface area contributed by atoms with E-state index in [0.717, 1.165) is 23.1 Å². The number of carbonyl (C=O) groups excluding carboxylic acids is 1. The number of ketones is 1. The summed E-state index contributed by atoms with van der Waals surface area (Å²) in [4.78, 5) is 11.1. The summed E-state index contributed by atoms with van der Waals surface area (Å²) in [5, 5.41) is 0. The van der Waals surface area contributed by atoms with Crippen LogP contribution >= 0.6 is 0 Å². The van der Waals surface area contributed by atoms with Gasteiger partial charge in [-0.15, -0.1) is 5.73 Å². The Balaban J connectivity index is 3.18. The maximum absolute atomic E-state index is 11.1. The fourth-order valence-electron chi connectivity index (χ4n) is 1.80. The van der Waals surface area contributed by atoms with Gasteiger partial charge in [0.05, 0.1) is 0 Å². The van der Waals surface area contributed by atoms with E-state index < -0.39 is 0 Å². The fourth-order valence-corrected chi connectivity index (χ4v) is 1.80. The molecular weight excluding hydrogens is 196 g/mol. The molecule has 84 valence electrons. The zero-order valence-electron chi connectivity index (χ0n) is 10.3. The van der Waals surface area contributed by atoms with Gasteiger partial charge in [0.25, 0.3) is 0 Å². The standard InChI is InChI=1S/C15H18O/c1-5-14(6-2)15-10-13(9-12(4)16)8-7-11(15)3/h7-8,10H,1,6,9H2,2-4H3. The number of allylic oxidation sites excluding steroid dienone is 1. The van der Waals surface area contributed by atoms with Crippen LogP contribution in [0.25, 0.3) is 5.57 Å². The van der Waals surface area contributed by atoms with Crippen molar-refractivity contribution in [3.8, 4) is 0 Å². The highest BCUT2D eigenvalue weighted by Gasteiger charge is 2.05. The molecule has 1 rings (SSSR count). The molecule has 0 bridgehead atoms. The van der Waals surface area contributed by atoms with Crippen molar-refractivity contribution in [3.05, 3.63) is 47.2 Å². The lowest BCUT2D eigenvalue weighted by Crippen LogP contribution is -1.98. The third-order valence-corrected chi connectivity index (χ3v) is 2.65. The topological polar surface area (TPSA) is 17.1 Å². The Morgan fingerprint density at radius 2 is 2.12 bits per heavy atom. The largest absolute Gasteiger partial charge is 0.300 e. The number of carbonyl (C=O) groups is 1. The Morgan fingerprint density at radius 1 is 1.44 bits per heavy atom. The average Bonchev–Trinajstić information content (AvgIpc) is 2.23. The molecule has 0 spiro atoms. The molecule has 1 nitrogen and oxygen atoms in total. The van der Waals surface area contributed by atoms with Crippen molar-refractivity contribution in [1.29, 1.82) is 0 Å². The van der Waals surface area contributed by atoms with Crippen LogP contribution in [-0.2, 0) is 11.2 Å². The zero-order valence-corrected chi connectivity index (χ0v) is 10.3. The van der Waals surface area contributed by atoms with Crippen LogP contribution in [0.4, 0.5) is 0 Å². The van der Waals surface area contributed by atoms with E-state index in [1.807, 2.05) is 6.07 Å². The van der Waals surface area contributed by atoms with Crippen molar-refractivity contribution in [3.63, 3.8) is 0 Å². The van der Waals surface area contributed by atoms with Gasteiger partial charge in [0.1, 0.15) is 5.78 Å². The first-order valence-electron chi connectivity index (χ1n) is 5.56. The number of hydrogen-bond donors (Lipinski definition) is 0. The minimum atomic E-state index is 0.190. The molecule has 0 aromatic heterocycles. The highest BCUT2D eigenvalue weighted by Crippen LogP contribution is 2.22. The molecule has 0 amide bonds. The first-order chi connectivity index (χ1) is 7.58. The molecular formula is C15H18O. The first-order valence-corrected chi connectivity index (χ1v) is 5.56. The molecule has 1 aromatic carbocycles. The van der Waals surface area contributed by atoms with E-state index in [1.165, 1.54) is 5.56 Å². The molecule has 0 aliphatic rings. The third-order valence-electron chi connectivity index (χ3n) is 2.65. The number of rotatable bonds is 4. The van der Waals surface area contributed by atoms with E-state index in [2.05, 4.69) is 38.3 Å². The van der Waals surface area contributed by atoms with Crippen LogP contribution < -0.4 is 0 Å². The van der Waals surface area contributed by atoms with Gasteiger partial charge in [-0.05, 0) is 37.0 Å². The summed E-state index contributed by atoms with van der Waals surface area (Å²) in [6.07, 6.45) is 1.41. The van der Waals surface area contributed by atoms with Gasteiger partial charge >= 0.3 is 0 Å². The Labute approximate surface area is 97.5 Å². The van der Waals surface area contributed by atoms with Crippen LogP contribution in [0.2, 0.25) is 0 Å². The van der Waals surface area contributed by atoms with Crippen molar-refractivity contribution in [2.24, 2.45) is 0 Å². The Kier molecular flexibility index (Phi) is 4.28. The molecule has 0 saturated carbocycles. The highest BCUT2D eigenvalue weighted by atomic mass is 16.1. The summed E-state index contributed by atoms with van der Waals surface area (Å²) < 4.78 is 0. The maximum Gasteiger partial charge on any atom is 0.134 e. The van der Waals surface area contributed by atoms with Gasteiger partial charge in [-0.2, -0.15) is 0 Å². The highest BCUT2D eigenvalue weighted by molar-refractivity contribution is 5.79. The molecule has 0 atom stereocenters. The van der Waals surface area contributed by atoms with Crippen LogP contribution in [-0.4, -0.2) is 5.78 Å². The number of benzene rings is 1. The summed E-state index contributed by atoms with van der Waals surface area (Å²) >= 11 is 0. The molecule has 0 fully saturated rings. The van der Waals surface area contributed by atoms with E-state index in [1.54, 1.807) is 6.92 Å². The molecule has 1 heteroatoms. The molecule has 0 unspecified atom stereocenters. The van der Waals surface area contributed by atoms with Gasteiger partial charge in [-0.3, -0.25) is 4.79 Å². The second-order valence-corrected chi connectivity index (χ2v) is 4.04. The molecule has 0 aliphatic carbocycles. The average molecular weight is 214 g/mol. The lowest BCUT2D eigenvalue weighted by Gasteiger charge is -2.09. The molecule has 0 saturated heterocycles. The number of Topliss-reactive ketones (excluding diaryl/α,β-unsaturated/α-hetero) is 1. The van der Waals surface area contributed by atoms with E-state index >= 15 is 0 Å². The molecule has 0 heterocycles. The Hall–Kier alpha value is -1.59. The molecule has 16 heavy (non-hydrogen) atoms. The lowest BCUT2D eigenvalue weighted by molar-refractivity contribution is -0.116. The van der Waals surface area contributed by atoms with Gasteiger partial charge in [-0.1, -0.05) is 31.7 Å². The van der Waals surface area contributed by atoms with E-state index in [9.17, 15) is 4.79 Å². The smallest absolute Gasteiger partial charge is 0.134 e. The summed E-state index contributed by atoms with van der Waals surface area (Å²) in [6.45, 7) is 9.48. The van der Waals surface area contributed by atoms with E-state index in [4.69, 9.17) is 0 Å². The third kappa shape index (κ3) is 2.95. The maximum atomic E-state index is 11.1. The SMILES string of the molecule is C=C=C(CC)c1cc(CC(C)=O)ccc1C. The minimum absolute atomic E-state index is 0.190. The van der Waals surface area contributed by atoms with Gasteiger partial charge < -0.3 is 0 Å². The van der Waals surface area contributed by atoms with Gasteiger partial charge in [0.15, 0.2) is 0 Å². The van der Waals surface area contributed by atoms with Crippen LogP contribution in [0.1, 0.15) is 37.0 Å². The predicted octanol–water partition coefficient (Wildman–Crippen LogP) is 3.70. The minimum Gasteiger partial charge on any atom is -0.300 e. The molecule has 0 aliphatic heterocycles. The summed E-state index contributed by atoms with van der Waals surface area (Å²) in [5.74, 6) is 0.190. The van der Waals surface area contributed by atoms with Crippen LogP contribution in [0, 0.1) is 6.92 Å². The number of hydrogen-bond acceptors (Lipinski definition) is 1. The van der Waals surface area contributed by atoms with Crippen molar-refractivity contribution in [1.82, 2.24) is 0 Å². The fraction of sp³-hybridized carbons (Fsp3) is 0.333. The molecule has 0 radical (unpaired) electrons. The number of aryl methyl sites for hydroxylation is 1. The van der Waals surface area contributed by atoms with Crippen LogP contribution in [0.5, 0.6) is 0 Å².